The van der Waals surface area contributed by atoms with E-state index in [4.69, 9.17) is 27.9 Å². The summed E-state index contributed by atoms with van der Waals surface area (Å²) >= 11 is 13.5. The Bertz CT molecular complexity index is 1290. The second-order valence-electron chi connectivity index (χ2n) is 8.05. The van der Waals surface area contributed by atoms with Crippen molar-refractivity contribution < 1.29 is 22.7 Å². The number of thiophene rings is 1. The van der Waals surface area contributed by atoms with Crippen LogP contribution in [0, 0.1) is 0 Å². The first-order valence-electron chi connectivity index (χ1n) is 10.8. The number of halogens is 2. The lowest BCUT2D eigenvalue weighted by atomic mass is 10.0. The lowest BCUT2D eigenvalue weighted by Gasteiger charge is -2.19. The van der Waals surface area contributed by atoms with Crippen LogP contribution in [0.15, 0.2) is 64.9 Å². The molecule has 1 aliphatic rings. The van der Waals surface area contributed by atoms with E-state index in [0.717, 1.165) is 16.9 Å². The van der Waals surface area contributed by atoms with Crippen LogP contribution < -0.4 is 10.0 Å². The SMILES string of the molecule is O=C(OC(=O)[C@H](Cc1ccc(-c2cccs2)cc1)NS(=O)(=O)c1cc(Cl)cc(Cl)c1)[C@@H]1CCCN1. The molecule has 0 unspecified atom stereocenters. The fourth-order valence-electron chi connectivity index (χ4n) is 3.72. The fourth-order valence-corrected chi connectivity index (χ4v) is 6.37. The molecule has 2 aromatic carbocycles. The van der Waals surface area contributed by atoms with E-state index in [1.54, 1.807) is 23.5 Å². The molecule has 1 saturated heterocycles. The summed E-state index contributed by atoms with van der Waals surface area (Å²) in [5.74, 6) is -1.71. The Morgan fingerprint density at radius 1 is 1.11 bits per heavy atom. The van der Waals surface area contributed by atoms with Gasteiger partial charge in [-0.3, -0.25) is 0 Å². The normalized spacial score (nSPS) is 16.7. The third kappa shape index (κ3) is 6.69. The molecule has 35 heavy (non-hydrogen) atoms. The van der Waals surface area contributed by atoms with E-state index in [0.29, 0.717) is 18.5 Å². The van der Waals surface area contributed by atoms with Gasteiger partial charge in [0.1, 0.15) is 12.1 Å². The Morgan fingerprint density at radius 3 is 2.43 bits per heavy atom. The van der Waals surface area contributed by atoms with E-state index in [1.807, 2.05) is 29.6 Å². The summed E-state index contributed by atoms with van der Waals surface area (Å²) in [6, 6.07) is 13.2. The Morgan fingerprint density at radius 2 is 1.83 bits per heavy atom. The Labute approximate surface area is 217 Å². The number of hydrogen-bond acceptors (Lipinski definition) is 7. The monoisotopic (exact) mass is 552 g/mol. The van der Waals surface area contributed by atoms with Crippen molar-refractivity contribution in [3.63, 3.8) is 0 Å². The lowest BCUT2D eigenvalue weighted by Crippen LogP contribution is -2.45. The second-order valence-corrected chi connectivity index (χ2v) is 11.6. The highest BCUT2D eigenvalue weighted by molar-refractivity contribution is 7.89. The topological polar surface area (TPSA) is 102 Å². The van der Waals surface area contributed by atoms with Crippen molar-refractivity contribution in [1.82, 2.24) is 10.0 Å². The molecule has 0 aliphatic carbocycles. The number of hydrogen-bond donors (Lipinski definition) is 2. The van der Waals surface area contributed by atoms with Crippen molar-refractivity contribution in [1.29, 1.82) is 0 Å². The molecule has 1 aliphatic heterocycles. The number of sulfonamides is 1. The smallest absolute Gasteiger partial charge is 0.332 e. The molecular weight excluding hydrogens is 531 g/mol. The van der Waals surface area contributed by atoms with Gasteiger partial charge in [-0.2, -0.15) is 4.72 Å². The summed E-state index contributed by atoms with van der Waals surface area (Å²) in [6.45, 7) is 0.649. The maximum Gasteiger partial charge on any atom is 0.332 e. The first-order valence-corrected chi connectivity index (χ1v) is 13.9. The Kier molecular flexibility index (Phi) is 8.26. The van der Waals surface area contributed by atoms with Crippen molar-refractivity contribution in [2.75, 3.05) is 6.54 Å². The van der Waals surface area contributed by atoms with Crippen LogP contribution in [0.2, 0.25) is 10.0 Å². The summed E-state index contributed by atoms with van der Waals surface area (Å²) in [6.07, 6.45) is 1.31. The van der Waals surface area contributed by atoms with E-state index in [1.165, 1.54) is 18.2 Å². The third-order valence-corrected chi connectivity index (χ3v) is 8.28. The quantitative estimate of drug-likeness (QED) is 0.316. The molecule has 0 amide bonds. The molecule has 2 heterocycles. The molecule has 1 fully saturated rings. The first-order chi connectivity index (χ1) is 16.7. The third-order valence-electron chi connectivity index (χ3n) is 5.47. The summed E-state index contributed by atoms with van der Waals surface area (Å²) in [5, 5.41) is 5.19. The Balaban J connectivity index is 1.57. The largest absolute Gasteiger partial charge is 0.391 e. The predicted molar refractivity (Wildman–Crippen MR) is 136 cm³/mol. The molecule has 1 aromatic heterocycles. The van der Waals surface area contributed by atoms with E-state index in [2.05, 4.69) is 10.0 Å². The Hall–Kier alpha value is -2.27. The van der Waals surface area contributed by atoms with Crippen molar-refractivity contribution in [3.05, 3.63) is 75.6 Å². The van der Waals surface area contributed by atoms with E-state index in [-0.39, 0.29) is 21.4 Å². The van der Waals surface area contributed by atoms with Gasteiger partial charge in [0.2, 0.25) is 10.0 Å². The minimum Gasteiger partial charge on any atom is -0.391 e. The number of esters is 2. The van der Waals surface area contributed by atoms with E-state index >= 15 is 0 Å². The number of carbonyl (C=O) groups excluding carboxylic acids is 2. The van der Waals surface area contributed by atoms with Crippen molar-refractivity contribution >= 4 is 56.5 Å². The van der Waals surface area contributed by atoms with Crippen LogP contribution in [-0.4, -0.2) is 39.0 Å². The zero-order valence-electron chi connectivity index (χ0n) is 18.4. The molecule has 7 nitrogen and oxygen atoms in total. The van der Waals surface area contributed by atoms with Gasteiger partial charge in [-0.05, 0) is 66.6 Å². The zero-order chi connectivity index (χ0) is 25.0. The van der Waals surface area contributed by atoms with E-state index < -0.39 is 34.0 Å². The van der Waals surface area contributed by atoms with Crippen LogP contribution in [0.25, 0.3) is 10.4 Å². The standard InChI is InChI=1S/C24H22Cl2N2O5S2/c25-17-12-18(26)14-19(13-17)35(31,32)28-21(24(30)33-23(29)20-3-1-9-27-20)11-15-5-7-16(8-6-15)22-4-2-10-34-22/h2,4-8,10,12-14,20-21,27-28H,1,3,9,11H2/t20-,21-/m0/s1. The van der Waals surface area contributed by atoms with Gasteiger partial charge >= 0.3 is 11.9 Å². The molecule has 2 atom stereocenters. The average molecular weight is 553 g/mol. The highest BCUT2D eigenvalue weighted by Crippen LogP contribution is 2.26. The van der Waals surface area contributed by atoms with Gasteiger partial charge in [0.25, 0.3) is 0 Å². The summed E-state index contributed by atoms with van der Waals surface area (Å²) in [5.41, 5.74) is 1.69. The first kappa shape index (κ1) is 25.8. The average Bonchev–Trinajstić information content (AvgIpc) is 3.53. The van der Waals surface area contributed by atoms with Gasteiger partial charge in [0, 0.05) is 14.9 Å². The van der Waals surface area contributed by atoms with Gasteiger partial charge in [-0.15, -0.1) is 11.3 Å². The van der Waals surface area contributed by atoms with Crippen LogP contribution >= 0.6 is 34.5 Å². The molecule has 11 heteroatoms. The molecule has 184 valence electrons. The zero-order valence-corrected chi connectivity index (χ0v) is 21.5. The number of benzene rings is 2. The highest BCUT2D eigenvalue weighted by Gasteiger charge is 2.32. The maximum atomic E-state index is 13.1. The van der Waals surface area contributed by atoms with Gasteiger partial charge in [0.15, 0.2) is 0 Å². The molecule has 3 aromatic rings. The van der Waals surface area contributed by atoms with Crippen molar-refractivity contribution in [2.24, 2.45) is 0 Å². The summed E-state index contributed by atoms with van der Waals surface area (Å²) in [7, 11) is -4.21. The fraction of sp³-hybridized carbons (Fsp3) is 0.250. The number of rotatable bonds is 8. The van der Waals surface area contributed by atoms with E-state index in [9.17, 15) is 18.0 Å². The van der Waals surface area contributed by atoms with Crippen LogP contribution in [0.1, 0.15) is 18.4 Å². The highest BCUT2D eigenvalue weighted by atomic mass is 35.5. The molecule has 0 saturated carbocycles. The summed E-state index contributed by atoms with van der Waals surface area (Å²) in [4.78, 5) is 26.2. The minimum atomic E-state index is -4.21. The number of nitrogens with one attached hydrogen (secondary N) is 2. The molecule has 0 radical (unpaired) electrons. The molecule has 0 bridgehead atoms. The number of ether oxygens (including phenoxy) is 1. The molecule has 2 N–H and O–H groups in total. The predicted octanol–water partition coefficient (Wildman–Crippen LogP) is 4.43. The van der Waals surface area contributed by atoms with Crippen LogP contribution in [-0.2, 0) is 30.8 Å². The van der Waals surface area contributed by atoms with Crippen LogP contribution in [0.5, 0.6) is 0 Å². The van der Waals surface area contributed by atoms with Crippen LogP contribution in [0.3, 0.4) is 0 Å². The minimum absolute atomic E-state index is 0.0253. The molecule has 4 rings (SSSR count). The maximum absolute atomic E-state index is 13.1. The second kappa shape index (κ2) is 11.2. The van der Waals surface area contributed by atoms with Gasteiger partial charge in [-0.25, -0.2) is 18.0 Å². The number of carbonyl (C=O) groups is 2. The van der Waals surface area contributed by atoms with Gasteiger partial charge in [0.05, 0.1) is 4.90 Å². The summed E-state index contributed by atoms with van der Waals surface area (Å²) < 4.78 is 33.5. The lowest BCUT2D eigenvalue weighted by molar-refractivity contribution is -0.162. The molecular formula is C24H22Cl2N2O5S2. The van der Waals surface area contributed by atoms with Crippen molar-refractivity contribution in [2.45, 2.75) is 36.2 Å². The van der Waals surface area contributed by atoms with Gasteiger partial charge in [-0.1, -0.05) is 53.5 Å². The molecule has 0 spiro atoms. The van der Waals surface area contributed by atoms with Crippen LogP contribution in [0.4, 0.5) is 0 Å². The van der Waals surface area contributed by atoms with Gasteiger partial charge < -0.3 is 10.1 Å². The van der Waals surface area contributed by atoms with Crippen molar-refractivity contribution in [3.8, 4) is 10.4 Å².